The molecule has 0 radical (unpaired) electrons. The molecule has 0 saturated heterocycles. The lowest BCUT2D eigenvalue weighted by Crippen LogP contribution is -2.44. The van der Waals surface area contributed by atoms with Gasteiger partial charge < -0.3 is 20.1 Å². The van der Waals surface area contributed by atoms with Crippen LogP contribution in [0.15, 0.2) is 4.99 Å². The van der Waals surface area contributed by atoms with Crippen LogP contribution in [-0.4, -0.2) is 52.0 Å². The Morgan fingerprint density at radius 1 is 1.15 bits per heavy atom. The summed E-state index contributed by atoms with van der Waals surface area (Å²) in [6.45, 7) is 5.59. The monoisotopic (exact) mass is 399 g/mol. The first-order chi connectivity index (χ1) is 9.36. The number of nitrogens with zero attached hydrogens (tertiary/aromatic N) is 1. The third kappa shape index (κ3) is 9.77. The van der Waals surface area contributed by atoms with E-state index in [1.807, 2.05) is 0 Å². The number of hydrogen-bond donors (Lipinski definition) is 2. The van der Waals surface area contributed by atoms with E-state index in [-0.39, 0.29) is 24.0 Å². The summed E-state index contributed by atoms with van der Waals surface area (Å²) in [5, 5.41) is 6.81. The summed E-state index contributed by atoms with van der Waals surface area (Å²) >= 11 is 0. The van der Waals surface area contributed by atoms with Crippen molar-refractivity contribution in [2.24, 2.45) is 4.99 Å². The lowest BCUT2D eigenvalue weighted by Gasteiger charge is -2.24. The van der Waals surface area contributed by atoms with Gasteiger partial charge in [0.15, 0.2) is 5.96 Å². The van der Waals surface area contributed by atoms with Crippen LogP contribution < -0.4 is 10.6 Å². The van der Waals surface area contributed by atoms with E-state index in [1.165, 1.54) is 32.1 Å². The minimum Gasteiger partial charge on any atom is -0.382 e. The summed E-state index contributed by atoms with van der Waals surface area (Å²) in [6, 6.07) is 0.584. The highest BCUT2D eigenvalue weighted by Crippen LogP contribution is 2.17. The maximum absolute atomic E-state index is 5.40. The van der Waals surface area contributed by atoms with Gasteiger partial charge in [0.25, 0.3) is 0 Å². The molecule has 1 saturated carbocycles. The Labute approximate surface area is 140 Å². The van der Waals surface area contributed by atoms with E-state index in [1.54, 1.807) is 7.11 Å². The second-order valence-electron chi connectivity index (χ2n) is 4.85. The number of nitrogens with one attached hydrogen (secondary N) is 2. The second-order valence-corrected chi connectivity index (χ2v) is 4.85. The van der Waals surface area contributed by atoms with Gasteiger partial charge in [0.2, 0.25) is 0 Å². The molecule has 1 aliphatic carbocycles. The fourth-order valence-electron chi connectivity index (χ4n) is 2.23. The van der Waals surface area contributed by atoms with Gasteiger partial charge in [-0.3, -0.25) is 4.99 Å². The first-order valence-corrected chi connectivity index (χ1v) is 7.48. The van der Waals surface area contributed by atoms with Gasteiger partial charge in [-0.2, -0.15) is 0 Å². The smallest absolute Gasteiger partial charge is 0.191 e. The van der Waals surface area contributed by atoms with E-state index >= 15 is 0 Å². The van der Waals surface area contributed by atoms with Gasteiger partial charge in [-0.05, 0) is 19.8 Å². The zero-order chi connectivity index (χ0) is 13.8. The summed E-state index contributed by atoms with van der Waals surface area (Å²) in [7, 11) is 1.68. The summed E-state index contributed by atoms with van der Waals surface area (Å²) in [6.07, 6.45) is 6.55. The van der Waals surface area contributed by atoms with Crippen LogP contribution in [0, 0.1) is 0 Å². The molecule has 0 bridgehead atoms. The average Bonchev–Trinajstić information content (AvgIpc) is 2.44. The lowest BCUT2D eigenvalue weighted by atomic mass is 9.96. The quantitative estimate of drug-likeness (QED) is 0.284. The molecule has 0 aromatic carbocycles. The standard InChI is InChI=1S/C14H29N3O2.HI/c1-3-15-14(16-9-10-19-12-11-18-2)17-13-7-5-4-6-8-13;/h13H,3-12H2,1-2H3,(H2,15,16,17);1H. The fraction of sp³-hybridized carbons (Fsp3) is 0.929. The molecule has 6 heteroatoms. The number of aliphatic imine (C=N–C) groups is 1. The van der Waals surface area contributed by atoms with Crippen molar-refractivity contribution in [3.05, 3.63) is 0 Å². The number of hydrogen-bond acceptors (Lipinski definition) is 3. The van der Waals surface area contributed by atoms with E-state index in [0.717, 1.165) is 12.5 Å². The summed E-state index contributed by atoms with van der Waals surface area (Å²) in [5.74, 6) is 0.921. The number of methoxy groups -OCH3 is 1. The van der Waals surface area contributed by atoms with Crippen molar-refractivity contribution < 1.29 is 9.47 Å². The number of halogens is 1. The largest absolute Gasteiger partial charge is 0.382 e. The summed E-state index contributed by atoms with van der Waals surface area (Å²) < 4.78 is 10.3. The van der Waals surface area contributed by atoms with E-state index in [9.17, 15) is 0 Å². The SMILES string of the molecule is CCNC(=NCCOCCOC)NC1CCCCC1.I. The van der Waals surface area contributed by atoms with Gasteiger partial charge in [-0.15, -0.1) is 24.0 Å². The van der Waals surface area contributed by atoms with E-state index < -0.39 is 0 Å². The molecule has 1 rings (SSSR count). The second kappa shape index (κ2) is 13.9. The molecule has 0 aromatic rings. The highest BCUT2D eigenvalue weighted by Gasteiger charge is 2.14. The molecule has 0 unspecified atom stereocenters. The van der Waals surface area contributed by atoms with Crippen LogP contribution >= 0.6 is 24.0 Å². The number of rotatable bonds is 8. The Hall–Kier alpha value is -0.0800. The normalized spacial score (nSPS) is 16.6. The van der Waals surface area contributed by atoms with Crippen LogP contribution in [0.25, 0.3) is 0 Å². The fourth-order valence-corrected chi connectivity index (χ4v) is 2.23. The highest BCUT2D eigenvalue weighted by atomic mass is 127. The van der Waals surface area contributed by atoms with E-state index in [2.05, 4.69) is 22.5 Å². The molecule has 5 nitrogen and oxygen atoms in total. The van der Waals surface area contributed by atoms with Gasteiger partial charge in [0.05, 0.1) is 26.4 Å². The van der Waals surface area contributed by atoms with E-state index in [4.69, 9.17) is 9.47 Å². The van der Waals surface area contributed by atoms with Gasteiger partial charge in [-0.25, -0.2) is 0 Å². The van der Waals surface area contributed by atoms with Crippen molar-refractivity contribution >= 4 is 29.9 Å². The average molecular weight is 399 g/mol. The molecule has 0 heterocycles. The van der Waals surface area contributed by atoms with Crippen LogP contribution in [0.5, 0.6) is 0 Å². The zero-order valence-corrected chi connectivity index (χ0v) is 15.2. The van der Waals surface area contributed by atoms with Gasteiger partial charge in [0, 0.05) is 19.7 Å². The van der Waals surface area contributed by atoms with Crippen LogP contribution in [0.3, 0.4) is 0 Å². The van der Waals surface area contributed by atoms with Crippen LogP contribution in [-0.2, 0) is 9.47 Å². The lowest BCUT2D eigenvalue weighted by molar-refractivity contribution is 0.0748. The van der Waals surface area contributed by atoms with Crippen molar-refractivity contribution in [1.82, 2.24) is 10.6 Å². The van der Waals surface area contributed by atoms with Crippen LogP contribution in [0.4, 0.5) is 0 Å². The molecule has 1 aliphatic rings. The van der Waals surface area contributed by atoms with Crippen molar-refractivity contribution in [2.45, 2.75) is 45.1 Å². The first kappa shape index (κ1) is 19.9. The van der Waals surface area contributed by atoms with Gasteiger partial charge in [0.1, 0.15) is 0 Å². The van der Waals surface area contributed by atoms with Gasteiger partial charge in [-0.1, -0.05) is 19.3 Å². The Balaban J connectivity index is 0.00000361. The number of guanidine groups is 1. The molecule has 0 amide bonds. The zero-order valence-electron chi connectivity index (χ0n) is 12.8. The third-order valence-corrected chi connectivity index (χ3v) is 3.23. The molecule has 0 aromatic heterocycles. The predicted octanol–water partition coefficient (Wildman–Crippen LogP) is 2.16. The Morgan fingerprint density at radius 3 is 2.55 bits per heavy atom. The van der Waals surface area contributed by atoms with Crippen molar-refractivity contribution in [2.75, 3.05) is 40.0 Å². The molecule has 1 fully saturated rings. The minimum atomic E-state index is 0. The van der Waals surface area contributed by atoms with Gasteiger partial charge >= 0.3 is 0 Å². The molecule has 20 heavy (non-hydrogen) atoms. The Bertz CT molecular complexity index is 247. The number of ether oxygens (including phenoxy) is 2. The molecular formula is C14H30IN3O2. The van der Waals surface area contributed by atoms with Crippen molar-refractivity contribution in [1.29, 1.82) is 0 Å². The maximum Gasteiger partial charge on any atom is 0.191 e. The maximum atomic E-state index is 5.40. The molecule has 0 aliphatic heterocycles. The summed E-state index contributed by atoms with van der Waals surface area (Å²) in [4.78, 5) is 4.53. The highest BCUT2D eigenvalue weighted by molar-refractivity contribution is 14.0. The third-order valence-electron chi connectivity index (χ3n) is 3.23. The molecular weight excluding hydrogens is 369 g/mol. The van der Waals surface area contributed by atoms with Crippen LogP contribution in [0.2, 0.25) is 0 Å². The minimum absolute atomic E-state index is 0. The molecule has 2 N–H and O–H groups in total. The van der Waals surface area contributed by atoms with E-state index in [0.29, 0.717) is 32.4 Å². The van der Waals surface area contributed by atoms with Crippen LogP contribution in [0.1, 0.15) is 39.0 Å². The first-order valence-electron chi connectivity index (χ1n) is 7.48. The van der Waals surface area contributed by atoms with Crippen molar-refractivity contribution in [3.8, 4) is 0 Å². The Morgan fingerprint density at radius 2 is 1.90 bits per heavy atom. The molecule has 120 valence electrons. The predicted molar refractivity (Wildman–Crippen MR) is 94.1 cm³/mol. The Kier molecular flexibility index (Phi) is 13.8. The molecule has 0 atom stereocenters. The topological polar surface area (TPSA) is 54.9 Å². The van der Waals surface area contributed by atoms with Crippen molar-refractivity contribution in [3.63, 3.8) is 0 Å². The summed E-state index contributed by atoms with van der Waals surface area (Å²) in [5.41, 5.74) is 0. The molecule has 0 spiro atoms.